The van der Waals surface area contributed by atoms with Crippen LogP contribution in [0.1, 0.15) is 33.0 Å². The first-order valence-electron chi connectivity index (χ1n) is 9.23. The molecule has 3 atom stereocenters. The van der Waals surface area contributed by atoms with E-state index in [9.17, 15) is 13.2 Å². The first kappa shape index (κ1) is 19.5. The summed E-state index contributed by atoms with van der Waals surface area (Å²) in [7, 11) is -4.07. The number of hydrogen-bond donors (Lipinski definition) is 0. The van der Waals surface area contributed by atoms with Gasteiger partial charge in [-0.3, -0.25) is 8.98 Å². The van der Waals surface area contributed by atoms with E-state index in [0.29, 0.717) is 17.7 Å². The Morgan fingerprint density at radius 3 is 2.54 bits per heavy atom. The van der Waals surface area contributed by atoms with Gasteiger partial charge in [0.2, 0.25) is 0 Å². The summed E-state index contributed by atoms with van der Waals surface area (Å²) >= 11 is 1.38. The van der Waals surface area contributed by atoms with Crippen LogP contribution in [0.2, 0.25) is 0 Å². The molecule has 1 aliphatic heterocycles. The molecular formula is C20H22FNO4S2. The van der Waals surface area contributed by atoms with Crippen molar-refractivity contribution in [2.45, 2.75) is 43.4 Å². The Morgan fingerprint density at radius 2 is 1.89 bits per heavy atom. The average molecular weight is 424 g/mol. The van der Waals surface area contributed by atoms with Gasteiger partial charge in [0.25, 0.3) is 16.0 Å². The van der Waals surface area contributed by atoms with Crippen LogP contribution in [0.15, 0.2) is 41.3 Å². The molecule has 4 rings (SSSR count). The van der Waals surface area contributed by atoms with Crippen LogP contribution in [0.3, 0.4) is 0 Å². The number of amides is 1. The second kappa shape index (κ2) is 6.93. The van der Waals surface area contributed by atoms with Crippen LogP contribution in [0.4, 0.5) is 4.39 Å². The van der Waals surface area contributed by atoms with E-state index in [1.165, 1.54) is 28.4 Å². The topological polar surface area (TPSA) is 63.7 Å². The monoisotopic (exact) mass is 423 g/mol. The minimum absolute atomic E-state index is 0.0186. The van der Waals surface area contributed by atoms with E-state index < -0.39 is 27.8 Å². The maximum atomic E-state index is 15.8. The summed E-state index contributed by atoms with van der Waals surface area (Å²) in [5.41, 5.74) is -0.921. The summed E-state index contributed by atoms with van der Waals surface area (Å²) in [6.45, 7) is 3.92. The van der Waals surface area contributed by atoms with Crippen molar-refractivity contribution in [1.29, 1.82) is 0 Å². The second-order valence-corrected chi connectivity index (χ2v) is 10.5. The summed E-state index contributed by atoms with van der Waals surface area (Å²) in [6.07, 6.45) is -0.254. The Labute approximate surface area is 168 Å². The van der Waals surface area contributed by atoms with Gasteiger partial charge in [0.05, 0.1) is 16.3 Å². The molecule has 0 N–H and O–H groups in total. The number of carbonyl (C=O) groups excluding carboxylic acids is 1. The number of thiophene rings is 1. The van der Waals surface area contributed by atoms with Crippen molar-refractivity contribution in [2.75, 3.05) is 13.1 Å². The third-order valence-electron chi connectivity index (χ3n) is 5.66. The smallest absolute Gasteiger partial charge is 0.297 e. The van der Waals surface area contributed by atoms with Crippen LogP contribution < -0.4 is 0 Å². The standard InChI is InChI=1S/C20H22FNO4S2/c1-13-3-7-16(8-4-13)28(24,25)26-18-10-6-15-11-22(12-20(15,18)21)19(23)17-9-5-14(2)27-17/h3-5,7-9,15,18H,6,10-12H2,1-2H3/t15-,18+,20-/m0/s1. The molecule has 28 heavy (non-hydrogen) atoms. The van der Waals surface area contributed by atoms with Gasteiger partial charge in [-0.25, -0.2) is 4.39 Å². The van der Waals surface area contributed by atoms with Crippen LogP contribution >= 0.6 is 11.3 Å². The quantitative estimate of drug-likeness (QED) is 0.704. The lowest BCUT2D eigenvalue weighted by Crippen LogP contribution is -2.43. The first-order chi connectivity index (χ1) is 13.2. The average Bonchev–Trinajstić information content (AvgIpc) is 3.29. The number of benzene rings is 1. The van der Waals surface area contributed by atoms with Gasteiger partial charge in [0, 0.05) is 17.3 Å². The molecule has 8 heteroatoms. The lowest BCUT2D eigenvalue weighted by molar-refractivity contribution is 0.0259. The lowest BCUT2D eigenvalue weighted by Gasteiger charge is -2.26. The number of rotatable bonds is 4. The predicted octanol–water partition coefficient (Wildman–Crippen LogP) is 3.71. The number of hydrogen-bond acceptors (Lipinski definition) is 5. The van der Waals surface area contributed by atoms with E-state index in [4.69, 9.17) is 4.18 Å². The predicted molar refractivity (Wildman–Crippen MR) is 105 cm³/mol. The van der Waals surface area contributed by atoms with Crippen molar-refractivity contribution in [1.82, 2.24) is 4.90 Å². The van der Waals surface area contributed by atoms with E-state index in [-0.39, 0.29) is 23.9 Å². The molecule has 2 aliphatic rings. The normalized spacial score (nSPS) is 27.2. The molecule has 0 bridgehead atoms. The summed E-state index contributed by atoms with van der Waals surface area (Å²) in [4.78, 5) is 15.8. The molecule has 0 radical (unpaired) electrons. The van der Waals surface area contributed by atoms with Crippen molar-refractivity contribution in [2.24, 2.45) is 5.92 Å². The molecule has 1 aliphatic carbocycles. The lowest BCUT2D eigenvalue weighted by atomic mass is 9.96. The van der Waals surface area contributed by atoms with E-state index in [1.54, 1.807) is 18.2 Å². The minimum atomic E-state index is -4.07. The Balaban J connectivity index is 1.51. The van der Waals surface area contributed by atoms with Gasteiger partial charge in [-0.1, -0.05) is 17.7 Å². The third kappa shape index (κ3) is 3.38. The minimum Gasteiger partial charge on any atom is -0.334 e. The fraction of sp³-hybridized carbons (Fsp3) is 0.450. The Hall–Kier alpha value is -1.77. The van der Waals surface area contributed by atoms with Crippen molar-refractivity contribution < 1.29 is 21.8 Å². The molecule has 1 saturated heterocycles. The zero-order valence-electron chi connectivity index (χ0n) is 15.7. The van der Waals surface area contributed by atoms with Crippen LogP contribution in [0, 0.1) is 19.8 Å². The van der Waals surface area contributed by atoms with Crippen molar-refractivity contribution in [3.8, 4) is 0 Å². The number of likely N-dealkylation sites (tertiary alicyclic amines) is 1. The Morgan fingerprint density at radius 1 is 1.18 bits per heavy atom. The zero-order valence-corrected chi connectivity index (χ0v) is 17.4. The molecule has 1 aromatic carbocycles. The second-order valence-electron chi connectivity index (χ2n) is 7.65. The van der Waals surface area contributed by atoms with Crippen LogP contribution in [-0.4, -0.2) is 44.1 Å². The van der Waals surface area contributed by atoms with Gasteiger partial charge >= 0.3 is 0 Å². The number of nitrogens with zero attached hydrogens (tertiary/aromatic N) is 1. The highest BCUT2D eigenvalue weighted by molar-refractivity contribution is 7.86. The van der Waals surface area contributed by atoms with Crippen molar-refractivity contribution in [3.63, 3.8) is 0 Å². The van der Waals surface area contributed by atoms with E-state index in [1.807, 2.05) is 19.9 Å². The molecule has 5 nitrogen and oxygen atoms in total. The van der Waals surface area contributed by atoms with E-state index in [2.05, 4.69) is 0 Å². The fourth-order valence-electron chi connectivity index (χ4n) is 4.09. The fourth-order valence-corrected chi connectivity index (χ4v) is 6.07. The van der Waals surface area contributed by atoms with Gasteiger partial charge in [-0.05, 0) is 51.0 Å². The number of alkyl halides is 1. The Kier molecular flexibility index (Phi) is 4.84. The highest BCUT2D eigenvalue weighted by Gasteiger charge is 2.59. The number of halogens is 1. The third-order valence-corrected chi connectivity index (χ3v) is 7.98. The molecule has 0 unspecified atom stereocenters. The van der Waals surface area contributed by atoms with Gasteiger partial charge < -0.3 is 4.90 Å². The molecule has 2 fully saturated rings. The summed E-state index contributed by atoms with van der Waals surface area (Å²) in [5, 5.41) is 0. The van der Waals surface area contributed by atoms with E-state index >= 15 is 4.39 Å². The maximum absolute atomic E-state index is 15.8. The SMILES string of the molecule is Cc1ccc(S(=O)(=O)O[C@@H]2CC[C@H]3CN(C(=O)c4ccc(C)s4)C[C@]32F)cc1. The summed E-state index contributed by atoms with van der Waals surface area (Å²) in [5.74, 6) is -0.611. The van der Waals surface area contributed by atoms with Gasteiger partial charge in [-0.15, -0.1) is 11.3 Å². The summed E-state index contributed by atoms with van der Waals surface area (Å²) < 4.78 is 46.4. The molecule has 2 aromatic rings. The molecular weight excluding hydrogens is 401 g/mol. The van der Waals surface area contributed by atoms with Crippen LogP contribution in [-0.2, 0) is 14.3 Å². The zero-order chi connectivity index (χ0) is 20.1. The maximum Gasteiger partial charge on any atom is 0.297 e. The molecule has 1 amide bonds. The number of fused-ring (bicyclic) bond motifs is 1. The van der Waals surface area contributed by atoms with Crippen LogP contribution in [0.25, 0.3) is 0 Å². The van der Waals surface area contributed by atoms with Crippen molar-refractivity contribution in [3.05, 3.63) is 51.7 Å². The highest BCUT2D eigenvalue weighted by Crippen LogP contribution is 2.47. The highest BCUT2D eigenvalue weighted by atomic mass is 32.2. The van der Waals surface area contributed by atoms with Crippen molar-refractivity contribution >= 4 is 27.4 Å². The molecule has 1 aromatic heterocycles. The largest absolute Gasteiger partial charge is 0.334 e. The van der Waals surface area contributed by atoms with Crippen LogP contribution in [0.5, 0.6) is 0 Å². The first-order valence-corrected chi connectivity index (χ1v) is 11.5. The van der Waals surface area contributed by atoms with Gasteiger partial charge in [0.1, 0.15) is 6.10 Å². The van der Waals surface area contributed by atoms with Gasteiger partial charge in [-0.2, -0.15) is 8.42 Å². The number of aryl methyl sites for hydroxylation is 2. The summed E-state index contributed by atoms with van der Waals surface area (Å²) in [6, 6.07) is 9.89. The molecule has 2 heterocycles. The molecule has 150 valence electrons. The molecule has 0 spiro atoms. The van der Waals surface area contributed by atoms with E-state index in [0.717, 1.165) is 10.4 Å². The van der Waals surface area contributed by atoms with Gasteiger partial charge in [0.15, 0.2) is 5.67 Å². The Bertz CT molecular complexity index is 1000. The number of carbonyl (C=O) groups is 1. The molecule has 1 saturated carbocycles.